The third kappa shape index (κ3) is 2.43. The van der Waals surface area contributed by atoms with E-state index in [4.69, 9.17) is 5.11 Å². The van der Waals surface area contributed by atoms with E-state index in [0.717, 1.165) is 11.3 Å². The minimum absolute atomic E-state index is 0.00296. The van der Waals surface area contributed by atoms with Crippen LogP contribution < -0.4 is 5.32 Å². The van der Waals surface area contributed by atoms with Gasteiger partial charge in [0.25, 0.3) is 0 Å². The van der Waals surface area contributed by atoms with Crippen LogP contribution in [0.25, 0.3) is 0 Å². The molecule has 0 radical (unpaired) electrons. The quantitative estimate of drug-likeness (QED) is 0.903. The first-order valence-corrected chi connectivity index (χ1v) is 5.45. The Morgan fingerprint density at radius 2 is 1.89 bits per heavy atom. The van der Waals surface area contributed by atoms with E-state index in [-0.39, 0.29) is 10.8 Å². The van der Waals surface area contributed by atoms with Gasteiger partial charge in [0.15, 0.2) is 22.5 Å². The highest BCUT2D eigenvalue weighted by atomic mass is 32.1. The van der Waals surface area contributed by atoms with Crippen molar-refractivity contribution in [2.24, 2.45) is 0 Å². The normalized spacial score (nSPS) is 10.4. The first-order chi connectivity index (χ1) is 8.47. The molecule has 0 fully saturated rings. The maximum absolute atomic E-state index is 13.3. The third-order valence-corrected chi connectivity index (χ3v) is 2.72. The molecule has 2 N–H and O–H groups in total. The molecule has 0 bridgehead atoms. The monoisotopic (exact) mass is 274 g/mol. The van der Waals surface area contributed by atoms with E-state index in [1.807, 2.05) is 0 Å². The van der Waals surface area contributed by atoms with E-state index < -0.39 is 29.1 Å². The summed E-state index contributed by atoms with van der Waals surface area (Å²) < 4.78 is 39.2. The molecule has 0 atom stereocenters. The zero-order chi connectivity index (χ0) is 13.3. The van der Waals surface area contributed by atoms with Gasteiger partial charge in [0.2, 0.25) is 0 Å². The minimum atomic E-state index is -1.25. The summed E-state index contributed by atoms with van der Waals surface area (Å²) in [5.74, 6) is -4.54. The Kier molecular flexibility index (Phi) is 3.19. The van der Waals surface area contributed by atoms with Gasteiger partial charge in [-0.15, -0.1) is 11.3 Å². The number of carboxylic acids is 1. The second-order valence-corrected chi connectivity index (χ2v) is 4.07. The van der Waals surface area contributed by atoms with Crippen LogP contribution in [0.15, 0.2) is 17.5 Å². The predicted octanol–water partition coefficient (Wildman–Crippen LogP) is 3.00. The molecule has 94 valence electrons. The zero-order valence-corrected chi connectivity index (χ0v) is 9.39. The second-order valence-electron chi connectivity index (χ2n) is 3.21. The number of benzene rings is 1. The molecule has 8 heteroatoms. The van der Waals surface area contributed by atoms with Crippen molar-refractivity contribution in [3.8, 4) is 0 Å². The van der Waals surface area contributed by atoms with Crippen LogP contribution in [0.3, 0.4) is 0 Å². The van der Waals surface area contributed by atoms with Crippen molar-refractivity contribution in [3.05, 3.63) is 40.7 Å². The maximum Gasteiger partial charge on any atom is 0.355 e. The number of rotatable bonds is 3. The fraction of sp³-hybridized carbons (Fsp3) is 0. The molecule has 0 amide bonds. The molecule has 18 heavy (non-hydrogen) atoms. The van der Waals surface area contributed by atoms with E-state index in [1.165, 1.54) is 5.38 Å². The number of halogens is 3. The summed E-state index contributed by atoms with van der Waals surface area (Å²) in [6.07, 6.45) is 0. The van der Waals surface area contributed by atoms with Crippen molar-refractivity contribution in [2.75, 3.05) is 5.32 Å². The Morgan fingerprint density at radius 1 is 1.28 bits per heavy atom. The highest BCUT2D eigenvalue weighted by Crippen LogP contribution is 2.26. The lowest BCUT2D eigenvalue weighted by Crippen LogP contribution is -2.00. The first kappa shape index (κ1) is 12.4. The van der Waals surface area contributed by atoms with Crippen molar-refractivity contribution < 1.29 is 23.1 Å². The molecule has 2 rings (SSSR count). The van der Waals surface area contributed by atoms with Gasteiger partial charge in [-0.1, -0.05) is 0 Å². The fourth-order valence-electron chi connectivity index (χ4n) is 1.20. The van der Waals surface area contributed by atoms with Crippen LogP contribution in [0.5, 0.6) is 0 Å². The highest BCUT2D eigenvalue weighted by molar-refractivity contribution is 7.14. The Morgan fingerprint density at radius 3 is 2.39 bits per heavy atom. The maximum atomic E-state index is 13.3. The number of aromatic carboxylic acids is 1. The fourth-order valence-corrected chi connectivity index (χ4v) is 1.89. The van der Waals surface area contributed by atoms with Gasteiger partial charge in [-0.2, -0.15) is 0 Å². The minimum Gasteiger partial charge on any atom is -0.476 e. The van der Waals surface area contributed by atoms with Crippen LogP contribution in [0, 0.1) is 17.5 Å². The molecule has 0 aliphatic heterocycles. The van der Waals surface area contributed by atoms with Crippen molar-refractivity contribution >= 4 is 28.1 Å². The van der Waals surface area contributed by atoms with Crippen LogP contribution in [-0.2, 0) is 0 Å². The zero-order valence-electron chi connectivity index (χ0n) is 8.58. The Hall–Kier alpha value is -2.09. The number of carboxylic acid groups (broad SMARTS) is 1. The van der Waals surface area contributed by atoms with Crippen LogP contribution in [-0.4, -0.2) is 16.1 Å². The van der Waals surface area contributed by atoms with Gasteiger partial charge < -0.3 is 10.4 Å². The number of hydrogen-bond donors (Lipinski definition) is 2. The Bertz CT molecular complexity index is 592. The predicted molar refractivity (Wildman–Crippen MR) is 58.7 cm³/mol. The standard InChI is InChI=1S/C10H5F3N2O2S/c11-4-1-5(12)8(6(13)2-4)15-10-14-7(3-18-10)9(16)17/h1-3H,(H,14,15)(H,16,17). The van der Waals surface area contributed by atoms with Crippen molar-refractivity contribution in [2.45, 2.75) is 0 Å². The van der Waals surface area contributed by atoms with E-state index >= 15 is 0 Å². The molecular weight excluding hydrogens is 269 g/mol. The van der Waals surface area contributed by atoms with Gasteiger partial charge in [0, 0.05) is 17.5 Å². The van der Waals surface area contributed by atoms with E-state index in [2.05, 4.69) is 10.3 Å². The number of aromatic nitrogens is 1. The molecule has 1 aromatic carbocycles. The lowest BCUT2D eigenvalue weighted by molar-refractivity contribution is 0.0691. The molecule has 1 heterocycles. The average Bonchev–Trinajstić information content (AvgIpc) is 2.71. The SMILES string of the molecule is O=C(O)c1csc(Nc2c(F)cc(F)cc2F)n1. The summed E-state index contributed by atoms with van der Waals surface area (Å²) in [7, 11) is 0. The van der Waals surface area contributed by atoms with Crippen LogP contribution >= 0.6 is 11.3 Å². The molecule has 4 nitrogen and oxygen atoms in total. The van der Waals surface area contributed by atoms with E-state index in [9.17, 15) is 18.0 Å². The Balaban J connectivity index is 2.31. The largest absolute Gasteiger partial charge is 0.476 e. The lowest BCUT2D eigenvalue weighted by Gasteiger charge is -2.05. The number of hydrogen-bond acceptors (Lipinski definition) is 4. The van der Waals surface area contributed by atoms with Crippen molar-refractivity contribution in [3.63, 3.8) is 0 Å². The lowest BCUT2D eigenvalue weighted by atomic mass is 10.3. The molecule has 0 unspecified atom stereocenters. The van der Waals surface area contributed by atoms with Gasteiger partial charge in [-0.05, 0) is 0 Å². The van der Waals surface area contributed by atoms with Gasteiger partial charge in [-0.3, -0.25) is 0 Å². The summed E-state index contributed by atoms with van der Waals surface area (Å²) >= 11 is 0.864. The topological polar surface area (TPSA) is 62.2 Å². The molecule has 0 aliphatic carbocycles. The van der Waals surface area contributed by atoms with Gasteiger partial charge in [0.1, 0.15) is 11.5 Å². The van der Waals surface area contributed by atoms with E-state index in [1.54, 1.807) is 0 Å². The third-order valence-electron chi connectivity index (χ3n) is 1.96. The molecular formula is C10H5F3N2O2S. The van der Waals surface area contributed by atoms with Crippen LogP contribution in [0.4, 0.5) is 24.0 Å². The van der Waals surface area contributed by atoms with Gasteiger partial charge >= 0.3 is 5.97 Å². The molecule has 0 saturated carbocycles. The van der Waals surface area contributed by atoms with E-state index in [0.29, 0.717) is 12.1 Å². The molecule has 2 aromatic rings. The van der Waals surface area contributed by atoms with Gasteiger partial charge in [0.05, 0.1) is 0 Å². The molecule has 1 aromatic heterocycles. The molecule has 0 saturated heterocycles. The summed E-state index contributed by atoms with van der Waals surface area (Å²) in [4.78, 5) is 14.2. The number of anilines is 2. The van der Waals surface area contributed by atoms with Crippen LogP contribution in [0.2, 0.25) is 0 Å². The smallest absolute Gasteiger partial charge is 0.355 e. The summed E-state index contributed by atoms with van der Waals surface area (Å²) in [5, 5.41) is 12.1. The number of carbonyl (C=O) groups is 1. The number of nitrogens with zero attached hydrogens (tertiary/aromatic N) is 1. The summed E-state index contributed by atoms with van der Waals surface area (Å²) in [6, 6.07) is 1.02. The number of nitrogens with one attached hydrogen (secondary N) is 1. The van der Waals surface area contributed by atoms with Crippen LogP contribution in [0.1, 0.15) is 10.5 Å². The summed E-state index contributed by atoms with van der Waals surface area (Å²) in [5.41, 5.74) is -0.826. The molecule has 0 aliphatic rings. The Labute approximate surface area is 103 Å². The van der Waals surface area contributed by atoms with Crippen molar-refractivity contribution in [1.82, 2.24) is 4.98 Å². The highest BCUT2D eigenvalue weighted by Gasteiger charge is 2.14. The first-order valence-electron chi connectivity index (χ1n) is 4.58. The summed E-state index contributed by atoms with van der Waals surface area (Å²) in [6.45, 7) is 0. The second kappa shape index (κ2) is 4.65. The number of thiazole rings is 1. The average molecular weight is 274 g/mol. The van der Waals surface area contributed by atoms with Gasteiger partial charge in [-0.25, -0.2) is 22.9 Å². The molecule has 0 spiro atoms. The van der Waals surface area contributed by atoms with Crippen molar-refractivity contribution in [1.29, 1.82) is 0 Å².